The van der Waals surface area contributed by atoms with E-state index < -0.39 is 0 Å². The number of hydrazine groups is 1. The zero-order chi connectivity index (χ0) is 16.2. The minimum atomic E-state index is -0.0442. The van der Waals surface area contributed by atoms with Gasteiger partial charge in [-0.2, -0.15) is 0 Å². The number of ether oxygens (including phenoxy) is 2. The highest BCUT2D eigenvalue weighted by atomic mass is 32.1. The molecule has 0 aliphatic carbocycles. The highest BCUT2D eigenvalue weighted by molar-refractivity contribution is 7.80. The fourth-order valence-corrected chi connectivity index (χ4v) is 2.86. The molecule has 7 heteroatoms. The first-order valence-corrected chi connectivity index (χ1v) is 7.98. The molecule has 1 saturated heterocycles. The van der Waals surface area contributed by atoms with Gasteiger partial charge in [0.05, 0.1) is 0 Å². The van der Waals surface area contributed by atoms with E-state index in [-0.39, 0.29) is 12.7 Å². The van der Waals surface area contributed by atoms with Crippen LogP contribution in [-0.4, -0.2) is 40.9 Å². The molecule has 1 aromatic rings. The Balaban J connectivity index is 1.59. The summed E-state index contributed by atoms with van der Waals surface area (Å²) in [5.74, 6) is 1.47. The van der Waals surface area contributed by atoms with Gasteiger partial charge in [0.2, 0.25) is 6.79 Å². The standard InChI is InChI=1S/C16H19N3O3S/c1-2-4-15(20)18-7-3-8-19(18)16(23)17-10-12-5-6-13-14(9-12)22-11-21-13/h2,4-6,9H,3,7-8,10-11H2,1H3,(H,17,23)/b4-2+. The summed E-state index contributed by atoms with van der Waals surface area (Å²) in [5, 5.41) is 7.26. The van der Waals surface area contributed by atoms with Crippen molar-refractivity contribution in [2.45, 2.75) is 19.9 Å². The molecule has 0 unspecified atom stereocenters. The van der Waals surface area contributed by atoms with Gasteiger partial charge in [-0.25, -0.2) is 5.01 Å². The van der Waals surface area contributed by atoms with Gasteiger partial charge in [-0.15, -0.1) is 0 Å². The molecule has 122 valence electrons. The number of carbonyl (C=O) groups excluding carboxylic acids is 1. The van der Waals surface area contributed by atoms with Crippen molar-refractivity contribution in [1.29, 1.82) is 0 Å². The highest BCUT2D eigenvalue weighted by Gasteiger charge is 2.27. The van der Waals surface area contributed by atoms with Crippen LogP contribution in [0, 0.1) is 0 Å². The molecule has 1 amide bonds. The lowest BCUT2D eigenvalue weighted by molar-refractivity contribution is -0.133. The third-order valence-electron chi connectivity index (χ3n) is 3.71. The minimum Gasteiger partial charge on any atom is -0.454 e. The second-order valence-corrected chi connectivity index (χ2v) is 5.67. The smallest absolute Gasteiger partial charge is 0.264 e. The fraction of sp³-hybridized carbons (Fsp3) is 0.375. The van der Waals surface area contributed by atoms with Crippen molar-refractivity contribution < 1.29 is 14.3 Å². The summed E-state index contributed by atoms with van der Waals surface area (Å²) in [4.78, 5) is 12.0. The van der Waals surface area contributed by atoms with E-state index >= 15 is 0 Å². The van der Waals surface area contributed by atoms with Gasteiger partial charge in [-0.1, -0.05) is 12.1 Å². The number of fused-ring (bicyclic) bond motifs is 1. The van der Waals surface area contributed by atoms with Gasteiger partial charge in [0.25, 0.3) is 5.91 Å². The number of hydrogen-bond donors (Lipinski definition) is 1. The van der Waals surface area contributed by atoms with E-state index in [1.54, 1.807) is 17.2 Å². The van der Waals surface area contributed by atoms with E-state index in [1.807, 2.05) is 30.1 Å². The maximum absolute atomic E-state index is 12.0. The van der Waals surface area contributed by atoms with Gasteiger partial charge in [0, 0.05) is 25.7 Å². The van der Waals surface area contributed by atoms with Gasteiger partial charge in [0.1, 0.15) is 0 Å². The Labute approximate surface area is 140 Å². The number of thiocarbonyl (C=S) groups is 1. The Morgan fingerprint density at radius 1 is 1.30 bits per heavy atom. The van der Waals surface area contributed by atoms with E-state index in [0.717, 1.165) is 30.0 Å². The molecule has 2 aliphatic heterocycles. The van der Waals surface area contributed by atoms with Crippen LogP contribution >= 0.6 is 12.2 Å². The Hall–Kier alpha value is -2.28. The first-order valence-electron chi connectivity index (χ1n) is 7.57. The summed E-state index contributed by atoms with van der Waals surface area (Å²) in [5.41, 5.74) is 1.04. The SMILES string of the molecule is C/C=C/C(=O)N1CCCN1C(=S)NCc1ccc2c(c1)OCO2. The zero-order valence-corrected chi connectivity index (χ0v) is 13.8. The van der Waals surface area contributed by atoms with E-state index in [1.165, 1.54) is 0 Å². The van der Waals surface area contributed by atoms with E-state index in [0.29, 0.717) is 18.2 Å². The molecule has 1 fully saturated rings. The number of carbonyl (C=O) groups is 1. The maximum atomic E-state index is 12.0. The average molecular weight is 333 g/mol. The van der Waals surface area contributed by atoms with Crippen molar-refractivity contribution in [3.05, 3.63) is 35.9 Å². The largest absolute Gasteiger partial charge is 0.454 e. The van der Waals surface area contributed by atoms with Crippen LogP contribution in [0.2, 0.25) is 0 Å². The molecule has 2 aliphatic rings. The Morgan fingerprint density at radius 3 is 2.91 bits per heavy atom. The number of rotatable bonds is 3. The minimum absolute atomic E-state index is 0.0442. The van der Waals surface area contributed by atoms with Crippen LogP contribution in [-0.2, 0) is 11.3 Å². The first-order chi connectivity index (χ1) is 11.2. The summed E-state index contributed by atoms with van der Waals surface area (Å²) >= 11 is 5.43. The topological polar surface area (TPSA) is 54.0 Å². The Kier molecular flexibility index (Phi) is 4.66. The van der Waals surface area contributed by atoms with Crippen LogP contribution < -0.4 is 14.8 Å². The van der Waals surface area contributed by atoms with Crippen LogP contribution in [0.5, 0.6) is 11.5 Å². The van der Waals surface area contributed by atoms with Gasteiger partial charge in [-0.05, 0) is 43.3 Å². The molecule has 0 spiro atoms. The number of benzene rings is 1. The fourth-order valence-electron chi connectivity index (χ4n) is 2.60. The van der Waals surface area contributed by atoms with E-state index in [4.69, 9.17) is 21.7 Å². The molecule has 1 aromatic carbocycles. The monoisotopic (exact) mass is 333 g/mol. The van der Waals surface area contributed by atoms with Crippen LogP contribution in [0.25, 0.3) is 0 Å². The maximum Gasteiger partial charge on any atom is 0.264 e. The summed E-state index contributed by atoms with van der Waals surface area (Å²) < 4.78 is 10.7. The number of allylic oxidation sites excluding steroid dienone is 1. The van der Waals surface area contributed by atoms with Gasteiger partial charge < -0.3 is 14.8 Å². The second kappa shape index (κ2) is 6.87. The molecule has 0 bridgehead atoms. The number of amides is 1. The number of hydrogen-bond acceptors (Lipinski definition) is 4. The molecular weight excluding hydrogens is 314 g/mol. The Bertz CT molecular complexity index is 647. The van der Waals surface area contributed by atoms with Gasteiger partial charge in [0.15, 0.2) is 16.6 Å². The molecule has 0 radical (unpaired) electrons. The summed E-state index contributed by atoms with van der Waals surface area (Å²) in [6, 6.07) is 5.79. The average Bonchev–Trinajstić information content (AvgIpc) is 3.21. The van der Waals surface area contributed by atoms with Crippen LogP contribution in [0.4, 0.5) is 0 Å². The lowest BCUT2D eigenvalue weighted by atomic mass is 10.2. The van der Waals surface area contributed by atoms with Crippen molar-refractivity contribution in [2.24, 2.45) is 0 Å². The predicted molar refractivity (Wildman–Crippen MR) is 89.9 cm³/mol. The molecule has 0 atom stereocenters. The van der Waals surface area contributed by atoms with E-state index in [2.05, 4.69) is 5.32 Å². The molecule has 3 rings (SSSR count). The van der Waals surface area contributed by atoms with E-state index in [9.17, 15) is 4.79 Å². The zero-order valence-electron chi connectivity index (χ0n) is 12.9. The molecule has 1 N–H and O–H groups in total. The molecule has 2 heterocycles. The molecule has 6 nitrogen and oxygen atoms in total. The van der Waals surface area contributed by atoms with Crippen LogP contribution in [0.15, 0.2) is 30.4 Å². The van der Waals surface area contributed by atoms with Crippen molar-refractivity contribution in [3.8, 4) is 11.5 Å². The van der Waals surface area contributed by atoms with Crippen LogP contribution in [0.1, 0.15) is 18.9 Å². The Morgan fingerprint density at radius 2 is 2.09 bits per heavy atom. The molecule has 0 aromatic heterocycles. The highest BCUT2D eigenvalue weighted by Crippen LogP contribution is 2.32. The third-order valence-corrected chi connectivity index (χ3v) is 4.07. The van der Waals surface area contributed by atoms with Crippen molar-refractivity contribution >= 4 is 23.2 Å². The van der Waals surface area contributed by atoms with Gasteiger partial charge in [-0.3, -0.25) is 9.80 Å². The summed E-state index contributed by atoms with van der Waals surface area (Å²) in [7, 11) is 0. The predicted octanol–water partition coefficient (Wildman–Crippen LogP) is 1.82. The number of nitrogens with zero attached hydrogens (tertiary/aromatic N) is 2. The molecule has 23 heavy (non-hydrogen) atoms. The van der Waals surface area contributed by atoms with Crippen molar-refractivity contribution in [1.82, 2.24) is 15.3 Å². The first kappa shape index (κ1) is 15.6. The quantitative estimate of drug-likeness (QED) is 0.673. The van der Waals surface area contributed by atoms with Crippen molar-refractivity contribution in [2.75, 3.05) is 19.9 Å². The second-order valence-electron chi connectivity index (χ2n) is 5.28. The molecule has 0 saturated carbocycles. The van der Waals surface area contributed by atoms with Crippen LogP contribution in [0.3, 0.4) is 0 Å². The number of nitrogens with one attached hydrogen (secondary N) is 1. The summed E-state index contributed by atoms with van der Waals surface area (Å²) in [6.45, 7) is 4.10. The third kappa shape index (κ3) is 3.39. The lowest BCUT2D eigenvalue weighted by Crippen LogP contribution is -2.48. The van der Waals surface area contributed by atoms with Crippen molar-refractivity contribution in [3.63, 3.8) is 0 Å². The normalized spacial score (nSPS) is 16.2. The van der Waals surface area contributed by atoms with Gasteiger partial charge >= 0.3 is 0 Å². The molecular formula is C16H19N3O3S. The lowest BCUT2D eigenvalue weighted by Gasteiger charge is -2.29. The summed E-state index contributed by atoms with van der Waals surface area (Å²) in [6.07, 6.45) is 4.20.